The number of rotatable bonds is 7. The highest BCUT2D eigenvalue weighted by atomic mass is 79.9. The number of ether oxygens (including phenoxy) is 1. The second kappa shape index (κ2) is 8.30. The molecule has 19 heavy (non-hydrogen) atoms. The number of nitrogens with one attached hydrogen (secondary N) is 1. The normalized spacial score (nSPS) is 18.9. The van der Waals surface area contributed by atoms with Crippen LogP contribution in [0.2, 0.25) is 0 Å². The Labute approximate surface area is 128 Å². The van der Waals surface area contributed by atoms with Gasteiger partial charge in [-0.1, -0.05) is 22.9 Å². The summed E-state index contributed by atoms with van der Waals surface area (Å²) >= 11 is 5.49. The molecule has 1 saturated heterocycles. The van der Waals surface area contributed by atoms with Crippen LogP contribution in [-0.4, -0.2) is 25.0 Å². The number of halogens is 1. The molecule has 1 N–H and O–H groups in total. The van der Waals surface area contributed by atoms with E-state index >= 15 is 0 Å². The summed E-state index contributed by atoms with van der Waals surface area (Å²) in [5.74, 6) is 1.07. The summed E-state index contributed by atoms with van der Waals surface area (Å²) in [5, 5.41) is 3.48. The van der Waals surface area contributed by atoms with Crippen LogP contribution in [0.4, 0.5) is 0 Å². The summed E-state index contributed by atoms with van der Waals surface area (Å²) in [6.07, 6.45) is 4.06. The second-order valence-corrected chi connectivity index (χ2v) is 6.85. The third kappa shape index (κ3) is 5.10. The molecule has 106 valence electrons. The highest BCUT2D eigenvalue weighted by molar-refractivity contribution is 9.10. The van der Waals surface area contributed by atoms with Gasteiger partial charge in [-0.2, -0.15) is 0 Å². The number of benzene rings is 1. The minimum absolute atomic E-state index is 0.449. The van der Waals surface area contributed by atoms with Gasteiger partial charge in [-0.25, -0.2) is 0 Å². The zero-order valence-electron chi connectivity index (χ0n) is 11.5. The third-order valence-corrected chi connectivity index (χ3v) is 4.95. The Morgan fingerprint density at radius 2 is 2.37 bits per heavy atom. The quantitative estimate of drug-likeness (QED) is 0.591. The molecule has 1 aromatic carbocycles. The van der Waals surface area contributed by atoms with Crippen LogP contribution >= 0.6 is 27.7 Å². The molecule has 0 aromatic heterocycles. The molecule has 1 aromatic rings. The first-order valence-corrected chi connectivity index (χ1v) is 8.81. The van der Waals surface area contributed by atoms with Gasteiger partial charge >= 0.3 is 0 Å². The maximum atomic E-state index is 5.69. The van der Waals surface area contributed by atoms with Crippen molar-refractivity contribution < 1.29 is 4.74 Å². The summed E-state index contributed by atoms with van der Waals surface area (Å²) in [5.41, 5.74) is 1.38. The minimum atomic E-state index is 0.449. The zero-order chi connectivity index (χ0) is 13.5. The average Bonchev–Trinajstić information content (AvgIpc) is 2.91. The van der Waals surface area contributed by atoms with Crippen molar-refractivity contribution in [1.82, 2.24) is 5.32 Å². The molecule has 1 aliphatic heterocycles. The van der Waals surface area contributed by atoms with Crippen LogP contribution in [0.5, 0.6) is 0 Å². The van der Waals surface area contributed by atoms with Crippen molar-refractivity contribution in [2.45, 2.75) is 43.7 Å². The molecule has 0 aliphatic carbocycles. The van der Waals surface area contributed by atoms with Crippen molar-refractivity contribution in [2.24, 2.45) is 0 Å². The van der Waals surface area contributed by atoms with E-state index in [4.69, 9.17) is 4.74 Å². The topological polar surface area (TPSA) is 21.3 Å². The Bertz CT molecular complexity index is 394. The number of hydrogen-bond acceptors (Lipinski definition) is 3. The Kier molecular flexibility index (Phi) is 6.71. The first kappa shape index (κ1) is 15.4. The van der Waals surface area contributed by atoms with Crippen LogP contribution < -0.4 is 5.32 Å². The molecule has 1 heterocycles. The van der Waals surface area contributed by atoms with Gasteiger partial charge < -0.3 is 10.1 Å². The van der Waals surface area contributed by atoms with E-state index in [9.17, 15) is 0 Å². The van der Waals surface area contributed by atoms with Gasteiger partial charge in [-0.3, -0.25) is 0 Å². The molecule has 0 radical (unpaired) electrons. The first-order chi connectivity index (χ1) is 9.29. The predicted octanol–water partition coefficient (Wildman–Crippen LogP) is 4.22. The molecule has 0 amide bonds. The Morgan fingerprint density at radius 1 is 1.47 bits per heavy atom. The molecule has 0 spiro atoms. The lowest BCUT2D eigenvalue weighted by Crippen LogP contribution is -2.15. The largest absolute Gasteiger partial charge is 0.377 e. The summed E-state index contributed by atoms with van der Waals surface area (Å²) in [4.78, 5) is 1.38. The standard InChI is InChI=1S/C15H22BrNOS/c1-2-7-17-10-12-9-13(16)5-6-15(12)19-11-14-4-3-8-18-14/h5-6,9,14,17H,2-4,7-8,10-11H2,1H3. The van der Waals surface area contributed by atoms with E-state index in [1.807, 2.05) is 11.8 Å². The SMILES string of the molecule is CCCNCc1cc(Br)ccc1SCC1CCCO1. The lowest BCUT2D eigenvalue weighted by atomic mass is 10.2. The maximum absolute atomic E-state index is 5.69. The van der Waals surface area contributed by atoms with E-state index in [1.54, 1.807) is 0 Å². The molecule has 1 unspecified atom stereocenters. The minimum Gasteiger partial charge on any atom is -0.377 e. The Morgan fingerprint density at radius 3 is 3.11 bits per heavy atom. The van der Waals surface area contributed by atoms with Crippen LogP contribution in [0.3, 0.4) is 0 Å². The van der Waals surface area contributed by atoms with Gasteiger partial charge in [-0.15, -0.1) is 11.8 Å². The van der Waals surface area contributed by atoms with E-state index in [1.165, 1.54) is 29.7 Å². The van der Waals surface area contributed by atoms with Crippen LogP contribution in [0.25, 0.3) is 0 Å². The highest BCUT2D eigenvalue weighted by Crippen LogP contribution is 2.28. The van der Waals surface area contributed by atoms with Crippen molar-refractivity contribution in [3.05, 3.63) is 28.2 Å². The Balaban J connectivity index is 1.92. The number of thioether (sulfide) groups is 1. The molecule has 2 rings (SSSR count). The average molecular weight is 344 g/mol. The maximum Gasteiger partial charge on any atom is 0.0669 e. The van der Waals surface area contributed by atoms with Crippen molar-refractivity contribution in [1.29, 1.82) is 0 Å². The fourth-order valence-corrected chi connectivity index (χ4v) is 3.70. The van der Waals surface area contributed by atoms with Gasteiger partial charge in [0, 0.05) is 28.3 Å². The summed E-state index contributed by atoms with van der Waals surface area (Å²) in [7, 11) is 0. The summed E-state index contributed by atoms with van der Waals surface area (Å²) in [6, 6.07) is 6.56. The fourth-order valence-electron chi connectivity index (χ4n) is 2.19. The molecule has 1 aliphatic rings. The van der Waals surface area contributed by atoms with Gasteiger partial charge in [0.05, 0.1) is 6.10 Å². The van der Waals surface area contributed by atoms with Crippen LogP contribution in [0.15, 0.2) is 27.6 Å². The summed E-state index contributed by atoms with van der Waals surface area (Å²) in [6.45, 7) is 5.15. The van der Waals surface area contributed by atoms with Crippen LogP contribution in [0.1, 0.15) is 31.7 Å². The molecule has 2 nitrogen and oxygen atoms in total. The van der Waals surface area contributed by atoms with Gasteiger partial charge in [0.2, 0.25) is 0 Å². The predicted molar refractivity (Wildman–Crippen MR) is 85.8 cm³/mol. The van der Waals surface area contributed by atoms with Crippen LogP contribution in [-0.2, 0) is 11.3 Å². The van der Waals surface area contributed by atoms with E-state index in [0.29, 0.717) is 6.10 Å². The fraction of sp³-hybridized carbons (Fsp3) is 0.600. The molecule has 0 saturated carbocycles. The van der Waals surface area contributed by atoms with Crippen molar-refractivity contribution in [2.75, 3.05) is 18.9 Å². The van der Waals surface area contributed by atoms with Gasteiger partial charge in [-0.05, 0) is 49.6 Å². The molecular formula is C15H22BrNOS. The van der Waals surface area contributed by atoms with Gasteiger partial charge in [0.1, 0.15) is 0 Å². The Hall–Kier alpha value is -0.0300. The molecule has 0 bridgehead atoms. The monoisotopic (exact) mass is 343 g/mol. The zero-order valence-corrected chi connectivity index (χ0v) is 13.9. The van der Waals surface area contributed by atoms with E-state index in [0.717, 1.165) is 29.9 Å². The van der Waals surface area contributed by atoms with Crippen molar-refractivity contribution in [3.8, 4) is 0 Å². The van der Waals surface area contributed by atoms with Gasteiger partial charge in [0.25, 0.3) is 0 Å². The first-order valence-electron chi connectivity index (χ1n) is 7.03. The molecule has 1 fully saturated rings. The van der Waals surface area contributed by atoms with E-state index < -0.39 is 0 Å². The highest BCUT2D eigenvalue weighted by Gasteiger charge is 2.16. The van der Waals surface area contributed by atoms with Crippen LogP contribution in [0, 0.1) is 0 Å². The van der Waals surface area contributed by atoms with Crippen molar-refractivity contribution >= 4 is 27.7 Å². The third-order valence-electron chi connectivity index (χ3n) is 3.21. The number of hydrogen-bond donors (Lipinski definition) is 1. The smallest absolute Gasteiger partial charge is 0.0669 e. The lowest BCUT2D eigenvalue weighted by molar-refractivity contribution is 0.129. The second-order valence-electron chi connectivity index (χ2n) is 4.87. The lowest BCUT2D eigenvalue weighted by Gasteiger charge is -2.13. The van der Waals surface area contributed by atoms with E-state index in [-0.39, 0.29) is 0 Å². The molecule has 4 heteroatoms. The molecule has 1 atom stereocenters. The van der Waals surface area contributed by atoms with Gasteiger partial charge in [0.15, 0.2) is 0 Å². The van der Waals surface area contributed by atoms with E-state index in [2.05, 4.69) is 46.4 Å². The summed E-state index contributed by atoms with van der Waals surface area (Å²) < 4.78 is 6.85. The molecular weight excluding hydrogens is 322 g/mol. The van der Waals surface area contributed by atoms with Crippen molar-refractivity contribution in [3.63, 3.8) is 0 Å².